The number of hydrogen-bond donors (Lipinski definition) is 2. The number of carbonyl (C=O) groups is 1. The summed E-state index contributed by atoms with van der Waals surface area (Å²) in [5, 5.41) is 16.1. The van der Waals surface area contributed by atoms with E-state index in [-0.39, 0.29) is 17.7 Å². The van der Waals surface area contributed by atoms with E-state index < -0.39 is 0 Å². The first-order chi connectivity index (χ1) is 10.7. The summed E-state index contributed by atoms with van der Waals surface area (Å²) in [5.74, 6) is 0.815. The van der Waals surface area contributed by atoms with Crippen molar-refractivity contribution in [3.05, 3.63) is 42.2 Å². The van der Waals surface area contributed by atoms with Crippen molar-refractivity contribution in [3.63, 3.8) is 0 Å². The van der Waals surface area contributed by atoms with Crippen LogP contribution in [0.2, 0.25) is 0 Å². The van der Waals surface area contributed by atoms with Crippen LogP contribution in [0, 0.1) is 0 Å². The van der Waals surface area contributed by atoms with Gasteiger partial charge in [-0.1, -0.05) is 0 Å². The van der Waals surface area contributed by atoms with Gasteiger partial charge in [-0.3, -0.25) is 9.89 Å². The first kappa shape index (κ1) is 15.0. The van der Waals surface area contributed by atoms with Gasteiger partial charge in [0, 0.05) is 23.2 Å². The lowest BCUT2D eigenvalue weighted by Gasteiger charge is -2.35. The highest BCUT2D eigenvalue weighted by molar-refractivity contribution is 8.00. The average molecular weight is 317 g/mol. The molecule has 0 saturated carbocycles. The number of carbonyl (C=O) groups excluding carboxylic acids is 1. The molecule has 0 spiro atoms. The number of hydrogen-bond acceptors (Lipinski definition) is 4. The van der Waals surface area contributed by atoms with Crippen molar-refractivity contribution >= 4 is 17.7 Å². The van der Waals surface area contributed by atoms with Crippen molar-refractivity contribution < 1.29 is 9.90 Å². The summed E-state index contributed by atoms with van der Waals surface area (Å²) in [6, 6.07) is 7.08. The molecule has 0 radical (unpaired) electrons. The van der Waals surface area contributed by atoms with E-state index in [1.807, 2.05) is 29.4 Å². The lowest BCUT2D eigenvalue weighted by Crippen LogP contribution is -2.39. The lowest BCUT2D eigenvalue weighted by molar-refractivity contribution is -0.132. The Hall–Kier alpha value is -1.95. The molecule has 0 bridgehead atoms. The second-order valence-corrected chi connectivity index (χ2v) is 6.46. The van der Waals surface area contributed by atoms with Gasteiger partial charge in [-0.2, -0.15) is 5.10 Å². The minimum Gasteiger partial charge on any atom is -0.508 e. The van der Waals surface area contributed by atoms with Crippen LogP contribution in [0.3, 0.4) is 0 Å². The van der Waals surface area contributed by atoms with Gasteiger partial charge in [0.15, 0.2) is 0 Å². The maximum atomic E-state index is 12.6. The van der Waals surface area contributed by atoms with Crippen LogP contribution >= 0.6 is 11.8 Å². The smallest absolute Gasteiger partial charge is 0.233 e. The number of phenolic OH excluding ortho intramolecular Hbond substituents is 1. The molecule has 116 valence electrons. The maximum Gasteiger partial charge on any atom is 0.233 e. The molecule has 1 atom stereocenters. The molecule has 1 fully saturated rings. The van der Waals surface area contributed by atoms with E-state index in [9.17, 15) is 9.90 Å². The third kappa shape index (κ3) is 3.44. The molecule has 6 heteroatoms. The molecule has 22 heavy (non-hydrogen) atoms. The Bertz CT molecular complexity index is 613. The first-order valence-corrected chi connectivity index (χ1v) is 8.42. The van der Waals surface area contributed by atoms with Gasteiger partial charge in [0.2, 0.25) is 5.91 Å². The normalized spacial score (nSPS) is 18.4. The molecule has 1 aliphatic rings. The fraction of sp³-hybridized carbons (Fsp3) is 0.375. The van der Waals surface area contributed by atoms with E-state index in [2.05, 4.69) is 10.2 Å². The number of H-pyrrole nitrogens is 1. The van der Waals surface area contributed by atoms with Gasteiger partial charge in [0.25, 0.3) is 0 Å². The molecular weight excluding hydrogens is 298 g/mol. The molecule has 1 amide bonds. The number of amides is 1. The van der Waals surface area contributed by atoms with Crippen LogP contribution in [-0.4, -0.2) is 38.4 Å². The second-order valence-electron chi connectivity index (χ2n) is 5.41. The standard InChI is InChI=1S/C16H19N3O2S/c20-13-4-6-14(7-5-13)22-11-16(21)19-8-2-1-3-15(19)12-9-17-18-10-12/h4-7,9-10,15,20H,1-3,8,11H2,(H,17,18)/t15-/m1/s1. The Kier molecular flexibility index (Phi) is 4.68. The molecule has 1 saturated heterocycles. The zero-order valence-corrected chi connectivity index (χ0v) is 13.1. The molecule has 1 aliphatic heterocycles. The van der Waals surface area contributed by atoms with E-state index in [4.69, 9.17) is 0 Å². The summed E-state index contributed by atoms with van der Waals surface area (Å²) in [5.41, 5.74) is 1.09. The summed E-state index contributed by atoms with van der Waals surface area (Å²) in [7, 11) is 0. The van der Waals surface area contributed by atoms with Crippen molar-refractivity contribution in [1.29, 1.82) is 0 Å². The molecule has 0 aliphatic carbocycles. The van der Waals surface area contributed by atoms with Gasteiger partial charge in [0.1, 0.15) is 5.75 Å². The van der Waals surface area contributed by atoms with Crippen molar-refractivity contribution in [2.24, 2.45) is 0 Å². The number of nitrogens with one attached hydrogen (secondary N) is 1. The monoisotopic (exact) mass is 317 g/mol. The quantitative estimate of drug-likeness (QED) is 0.851. The zero-order chi connectivity index (χ0) is 15.4. The highest BCUT2D eigenvalue weighted by atomic mass is 32.2. The van der Waals surface area contributed by atoms with Crippen LogP contribution in [0.15, 0.2) is 41.6 Å². The lowest BCUT2D eigenvalue weighted by atomic mass is 9.97. The number of nitrogens with zero attached hydrogens (tertiary/aromatic N) is 2. The van der Waals surface area contributed by atoms with E-state index in [1.54, 1.807) is 12.1 Å². The summed E-state index contributed by atoms with van der Waals surface area (Å²) >= 11 is 1.50. The fourth-order valence-corrected chi connectivity index (χ4v) is 3.57. The topological polar surface area (TPSA) is 69.2 Å². The molecule has 0 unspecified atom stereocenters. The van der Waals surface area contributed by atoms with Gasteiger partial charge in [-0.15, -0.1) is 11.8 Å². The van der Waals surface area contributed by atoms with Crippen LogP contribution in [0.1, 0.15) is 30.9 Å². The van der Waals surface area contributed by atoms with E-state index in [0.29, 0.717) is 5.75 Å². The summed E-state index contributed by atoms with van der Waals surface area (Å²) in [4.78, 5) is 15.5. The number of aromatic amines is 1. The number of benzene rings is 1. The van der Waals surface area contributed by atoms with Crippen molar-refractivity contribution in [3.8, 4) is 5.75 Å². The van der Waals surface area contributed by atoms with Crippen molar-refractivity contribution in [1.82, 2.24) is 15.1 Å². The Morgan fingerprint density at radius 1 is 1.36 bits per heavy atom. The van der Waals surface area contributed by atoms with Crippen molar-refractivity contribution in [2.45, 2.75) is 30.2 Å². The molecule has 1 aromatic heterocycles. The third-order valence-corrected chi connectivity index (χ3v) is 4.92. The molecule has 2 heterocycles. The maximum absolute atomic E-state index is 12.6. The molecule has 5 nitrogen and oxygen atoms in total. The minimum atomic E-state index is 0.139. The number of piperidine rings is 1. The molecular formula is C16H19N3O2S. The second kappa shape index (κ2) is 6.87. The van der Waals surface area contributed by atoms with E-state index in [0.717, 1.165) is 36.3 Å². The fourth-order valence-electron chi connectivity index (χ4n) is 2.79. The van der Waals surface area contributed by atoms with Crippen LogP contribution in [0.5, 0.6) is 5.75 Å². The van der Waals surface area contributed by atoms with Gasteiger partial charge in [0.05, 0.1) is 18.0 Å². The van der Waals surface area contributed by atoms with Gasteiger partial charge < -0.3 is 10.0 Å². The van der Waals surface area contributed by atoms with Crippen molar-refractivity contribution in [2.75, 3.05) is 12.3 Å². The van der Waals surface area contributed by atoms with Gasteiger partial charge in [-0.25, -0.2) is 0 Å². The largest absolute Gasteiger partial charge is 0.508 e. The predicted octanol–water partition coefficient (Wildman–Crippen LogP) is 2.96. The zero-order valence-electron chi connectivity index (χ0n) is 12.2. The van der Waals surface area contributed by atoms with Gasteiger partial charge in [-0.05, 0) is 43.5 Å². The number of aromatic nitrogens is 2. The summed E-state index contributed by atoms with van der Waals surface area (Å²) in [6.07, 6.45) is 6.89. The average Bonchev–Trinajstić information content (AvgIpc) is 3.08. The Labute approximate surface area is 133 Å². The Morgan fingerprint density at radius 2 is 2.18 bits per heavy atom. The first-order valence-electron chi connectivity index (χ1n) is 7.44. The molecule has 2 aromatic rings. The van der Waals surface area contributed by atoms with Crippen LogP contribution < -0.4 is 0 Å². The SMILES string of the molecule is O=C(CSc1ccc(O)cc1)N1CCCC[C@@H]1c1cn[nH]c1. The highest BCUT2D eigenvalue weighted by Crippen LogP contribution is 2.31. The number of likely N-dealkylation sites (tertiary alicyclic amines) is 1. The van der Waals surface area contributed by atoms with Crippen LogP contribution in [0.25, 0.3) is 0 Å². The summed E-state index contributed by atoms with van der Waals surface area (Å²) in [6.45, 7) is 0.810. The van der Waals surface area contributed by atoms with Crippen LogP contribution in [0.4, 0.5) is 0 Å². The minimum absolute atomic E-state index is 0.139. The summed E-state index contributed by atoms with van der Waals surface area (Å²) < 4.78 is 0. The molecule has 3 rings (SSSR count). The molecule has 1 aromatic carbocycles. The number of phenols is 1. The molecule has 2 N–H and O–H groups in total. The Morgan fingerprint density at radius 3 is 2.91 bits per heavy atom. The van der Waals surface area contributed by atoms with Gasteiger partial charge >= 0.3 is 0 Å². The van der Waals surface area contributed by atoms with E-state index in [1.165, 1.54) is 11.8 Å². The third-order valence-electron chi connectivity index (χ3n) is 3.93. The Balaban J connectivity index is 1.63. The predicted molar refractivity (Wildman–Crippen MR) is 85.7 cm³/mol. The highest BCUT2D eigenvalue weighted by Gasteiger charge is 2.28. The van der Waals surface area contributed by atoms with Crippen LogP contribution in [-0.2, 0) is 4.79 Å². The number of rotatable bonds is 4. The number of thioether (sulfide) groups is 1. The number of aromatic hydroxyl groups is 1. The van der Waals surface area contributed by atoms with E-state index >= 15 is 0 Å².